The first-order chi connectivity index (χ1) is 12.1. The van der Waals surface area contributed by atoms with E-state index >= 15 is 0 Å². The van der Waals surface area contributed by atoms with Gasteiger partial charge in [-0.25, -0.2) is 4.79 Å². The minimum absolute atomic E-state index is 0.0825. The Morgan fingerprint density at radius 1 is 1.08 bits per heavy atom. The Hall–Kier alpha value is -2.01. The molecular formula is C20H24BrN3O. The molecule has 2 aromatic rings. The van der Waals surface area contributed by atoms with Gasteiger partial charge in [-0.3, -0.25) is 0 Å². The van der Waals surface area contributed by atoms with Crippen LogP contribution in [-0.4, -0.2) is 19.1 Å². The zero-order chi connectivity index (χ0) is 17.6. The van der Waals surface area contributed by atoms with Gasteiger partial charge in [-0.1, -0.05) is 40.2 Å². The summed E-state index contributed by atoms with van der Waals surface area (Å²) in [6.07, 6.45) is 3.78. The summed E-state index contributed by atoms with van der Waals surface area (Å²) < 4.78 is 0.995. The summed E-state index contributed by atoms with van der Waals surface area (Å²) in [5, 5.41) is 5.94. The first-order valence-electron chi connectivity index (χ1n) is 8.80. The summed E-state index contributed by atoms with van der Waals surface area (Å²) in [5.41, 5.74) is 3.05. The van der Waals surface area contributed by atoms with E-state index in [2.05, 4.69) is 37.5 Å². The lowest BCUT2D eigenvalue weighted by Crippen LogP contribution is -2.32. The molecule has 4 nitrogen and oxygen atoms in total. The average molecular weight is 402 g/mol. The van der Waals surface area contributed by atoms with Gasteiger partial charge in [0.2, 0.25) is 0 Å². The van der Waals surface area contributed by atoms with Crippen LogP contribution in [-0.2, 0) is 0 Å². The zero-order valence-corrected chi connectivity index (χ0v) is 16.1. The van der Waals surface area contributed by atoms with Gasteiger partial charge in [-0.05, 0) is 56.0 Å². The lowest BCUT2D eigenvalue weighted by Gasteiger charge is -2.29. The van der Waals surface area contributed by atoms with E-state index in [1.54, 1.807) is 0 Å². The quantitative estimate of drug-likeness (QED) is 0.727. The molecule has 1 unspecified atom stereocenters. The number of nitrogens with one attached hydrogen (secondary N) is 2. The van der Waals surface area contributed by atoms with Crippen molar-refractivity contribution >= 4 is 33.3 Å². The lowest BCUT2D eigenvalue weighted by molar-refractivity contribution is 0.249. The molecule has 0 aromatic heterocycles. The molecule has 3 rings (SSSR count). The number of halogens is 1. The minimum Gasteiger partial charge on any atom is -0.371 e. The van der Waals surface area contributed by atoms with Crippen molar-refractivity contribution in [1.82, 2.24) is 5.32 Å². The van der Waals surface area contributed by atoms with Crippen molar-refractivity contribution in [2.24, 2.45) is 0 Å². The van der Waals surface area contributed by atoms with Gasteiger partial charge in [0.05, 0.1) is 6.04 Å². The van der Waals surface area contributed by atoms with Gasteiger partial charge in [0.25, 0.3) is 0 Å². The van der Waals surface area contributed by atoms with Gasteiger partial charge in [0, 0.05) is 28.9 Å². The Morgan fingerprint density at radius 2 is 1.84 bits per heavy atom. The lowest BCUT2D eigenvalue weighted by atomic mass is 10.1. The fourth-order valence-electron chi connectivity index (χ4n) is 3.20. The normalized spacial score (nSPS) is 15.5. The van der Waals surface area contributed by atoms with Gasteiger partial charge in [-0.15, -0.1) is 0 Å². The van der Waals surface area contributed by atoms with Gasteiger partial charge in [0.15, 0.2) is 0 Å². The van der Waals surface area contributed by atoms with E-state index in [-0.39, 0.29) is 12.1 Å². The Bertz CT molecular complexity index is 728. The van der Waals surface area contributed by atoms with Gasteiger partial charge in [0.1, 0.15) is 0 Å². The van der Waals surface area contributed by atoms with E-state index in [1.807, 2.05) is 49.4 Å². The van der Waals surface area contributed by atoms with Gasteiger partial charge < -0.3 is 15.5 Å². The minimum atomic E-state index is -0.195. The molecule has 2 aromatic carbocycles. The number of anilines is 2. The largest absolute Gasteiger partial charge is 0.371 e. The number of amides is 2. The summed E-state index contributed by atoms with van der Waals surface area (Å²) in [6, 6.07) is 15.7. The maximum absolute atomic E-state index is 12.3. The second-order valence-electron chi connectivity index (χ2n) is 6.44. The van der Waals surface area contributed by atoms with E-state index < -0.39 is 0 Å². The highest BCUT2D eigenvalue weighted by molar-refractivity contribution is 9.10. The maximum Gasteiger partial charge on any atom is 0.319 e. The van der Waals surface area contributed by atoms with Crippen molar-refractivity contribution in [1.29, 1.82) is 0 Å². The molecule has 1 atom stereocenters. The van der Waals surface area contributed by atoms with Crippen LogP contribution in [0.2, 0.25) is 0 Å². The molecule has 1 saturated heterocycles. The zero-order valence-electron chi connectivity index (χ0n) is 14.5. The van der Waals surface area contributed by atoms with E-state index in [0.29, 0.717) is 0 Å². The number of urea groups is 1. The van der Waals surface area contributed by atoms with E-state index in [4.69, 9.17) is 0 Å². The van der Waals surface area contributed by atoms with E-state index in [1.165, 1.54) is 24.9 Å². The molecule has 1 fully saturated rings. The summed E-state index contributed by atoms with van der Waals surface area (Å²) in [6.45, 7) is 4.16. The van der Waals surface area contributed by atoms with Crippen LogP contribution in [0.15, 0.2) is 53.0 Å². The van der Waals surface area contributed by atoms with Gasteiger partial charge >= 0.3 is 6.03 Å². The van der Waals surface area contributed by atoms with Crippen molar-refractivity contribution in [2.45, 2.75) is 32.2 Å². The second kappa shape index (κ2) is 8.39. The van der Waals surface area contributed by atoms with Crippen LogP contribution in [0, 0.1) is 0 Å². The van der Waals surface area contributed by atoms with Gasteiger partial charge in [-0.2, -0.15) is 0 Å². The average Bonchev–Trinajstić information content (AvgIpc) is 2.63. The Kier molecular flexibility index (Phi) is 5.97. The molecule has 0 radical (unpaired) electrons. The highest BCUT2D eigenvalue weighted by atomic mass is 79.9. The summed E-state index contributed by atoms with van der Waals surface area (Å²) in [4.78, 5) is 14.7. The second-order valence-corrected chi connectivity index (χ2v) is 7.29. The first-order valence-corrected chi connectivity index (χ1v) is 9.60. The molecule has 0 aliphatic carbocycles. The fraction of sp³-hybridized carbons (Fsp3) is 0.350. The van der Waals surface area contributed by atoms with Crippen molar-refractivity contribution in [3.8, 4) is 0 Å². The molecular weight excluding hydrogens is 378 g/mol. The van der Waals surface area contributed by atoms with Crippen molar-refractivity contribution in [3.05, 3.63) is 58.6 Å². The molecule has 2 N–H and O–H groups in total. The molecule has 132 valence electrons. The molecule has 1 aliphatic heterocycles. The van der Waals surface area contributed by atoms with Crippen LogP contribution in [0.25, 0.3) is 0 Å². The molecule has 0 spiro atoms. The summed E-state index contributed by atoms with van der Waals surface area (Å²) in [5.74, 6) is 0. The number of carbonyl (C=O) groups is 1. The van der Waals surface area contributed by atoms with Crippen LogP contribution < -0.4 is 15.5 Å². The number of benzene rings is 2. The number of piperidine rings is 1. The third kappa shape index (κ3) is 4.75. The fourth-order valence-corrected chi connectivity index (χ4v) is 3.83. The highest BCUT2D eigenvalue weighted by Gasteiger charge is 2.14. The molecule has 2 amide bonds. The number of nitrogens with zero attached hydrogens (tertiary/aromatic N) is 1. The monoisotopic (exact) mass is 401 g/mol. The van der Waals surface area contributed by atoms with Crippen LogP contribution in [0.3, 0.4) is 0 Å². The Morgan fingerprint density at radius 3 is 2.60 bits per heavy atom. The predicted octanol–water partition coefficient (Wildman–Crippen LogP) is 5.32. The molecule has 0 saturated carbocycles. The summed E-state index contributed by atoms with van der Waals surface area (Å²) in [7, 11) is 0. The van der Waals surface area contributed by atoms with Crippen LogP contribution in [0.1, 0.15) is 37.8 Å². The third-order valence-corrected chi connectivity index (χ3v) is 5.27. The van der Waals surface area contributed by atoms with Crippen molar-refractivity contribution in [3.63, 3.8) is 0 Å². The Labute approximate surface area is 157 Å². The number of hydrogen-bond acceptors (Lipinski definition) is 2. The molecule has 5 heteroatoms. The van der Waals surface area contributed by atoms with Crippen LogP contribution in [0.4, 0.5) is 16.2 Å². The maximum atomic E-state index is 12.3. The predicted molar refractivity (Wildman–Crippen MR) is 107 cm³/mol. The topological polar surface area (TPSA) is 44.4 Å². The number of carbonyl (C=O) groups excluding carboxylic acids is 1. The summed E-state index contributed by atoms with van der Waals surface area (Å²) >= 11 is 3.53. The third-order valence-electron chi connectivity index (χ3n) is 4.54. The van der Waals surface area contributed by atoms with Crippen molar-refractivity contribution in [2.75, 3.05) is 23.3 Å². The van der Waals surface area contributed by atoms with E-state index in [0.717, 1.165) is 28.8 Å². The molecule has 1 heterocycles. The standard InChI is InChI=1S/C20H24BrN3O/c1-15(18-10-3-4-11-19(18)21)22-20(25)23-16-8-7-9-17(14-16)24-12-5-2-6-13-24/h3-4,7-11,14-15H,2,5-6,12-13H2,1H3,(H2,22,23,25). The molecule has 25 heavy (non-hydrogen) atoms. The SMILES string of the molecule is CC(NC(=O)Nc1cccc(N2CCCCC2)c1)c1ccccc1Br. The van der Waals surface area contributed by atoms with Crippen LogP contribution in [0.5, 0.6) is 0 Å². The smallest absolute Gasteiger partial charge is 0.319 e. The molecule has 1 aliphatic rings. The highest BCUT2D eigenvalue weighted by Crippen LogP contribution is 2.24. The first kappa shape index (κ1) is 17.8. The van der Waals surface area contributed by atoms with E-state index in [9.17, 15) is 4.79 Å². The number of rotatable bonds is 4. The van der Waals surface area contributed by atoms with Crippen molar-refractivity contribution < 1.29 is 4.79 Å². The Balaban J connectivity index is 1.62. The molecule has 0 bridgehead atoms. The van der Waals surface area contributed by atoms with Crippen LogP contribution >= 0.6 is 15.9 Å². The number of hydrogen-bond donors (Lipinski definition) is 2.